The first-order chi connectivity index (χ1) is 8.69. The zero-order valence-electron chi connectivity index (χ0n) is 11.7. The topological polar surface area (TPSA) is 61.9 Å². The highest BCUT2D eigenvalue weighted by Gasteiger charge is 2.23. The van der Waals surface area contributed by atoms with Crippen LogP contribution in [0.1, 0.15) is 12.8 Å². The van der Waals surface area contributed by atoms with Gasteiger partial charge in [0.1, 0.15) is 6.61 Å². The van der Waals surface area contributed by atoms with E-state index in [1.807, 2.05) is 11.9 Å². The number of hydrogen-bond donors (Lipinski definition) is 1. The van der Waals surface area contributed by atoms with Gasteiger partial charge in [0.15, 0.2) is 0 Å². The minimum atomic E-state index is -0.000202. The smallest absolute Gasteiger partial charge is 0.248 e. The second-order valence-corrected chi connectivity index (χ2v) is 4.40. The van der Waals surface area contributed by atoms with Gasteiger partial charge in [-0.2, -0.15) is 0 Å². The lowest BCUT2D eigenvalue weighted by atomic mass is 10.2. The molecular weight excluding hydrogens is 270 g/mol. The molecule has 0 aromatic rings. The van der Waals surface area contributed by atoms with Crippen molar-refractivity contribution in [3.05, 3.63) is 0 Å². The summed E-state index contributed by atoms with van der Waals surface area (Å²) in [7, 11) is 3.39. The Balaban J connectivity index is 0.00000324. The summed E-state index contributed by atoms with van der Waals surface area (Å²) in [4.78, 5) is 27.0. The standard InChI is InChI=1S/C12H23N3O3.ClH/c1-13-5-3-4-11(16)14-6-8-15(9-7-14)12(17)10-18-2;/h13H,3-10H2,1-2H3;1H. The van der Waals surface area contributed by atoms with Crippen LogP contribution in [0.4, 0.5) is 0 Å². The number of methoxy groups -OCH3 is 1. The Morgan fingerprint density at radius 3 is 2.11 bits per heavy atom. The van der Waals surface area contributed by atoms with Crippen molar-refractivity contribution in [2.45, 2.75) is 12.8 Å². The molecule has 0 unspecified atom stereocenters. The van der Waals surface area contributed by atoms with Crippen LogP contribution in [0.2, 0.25) is 0 Å². The molecule has 0 bridgehead atoms. The van der Waals surface area contributed by atoms with E-state index in [1.54, 1.807) is 4.90 Å². The summed E-state index contributed by atoms with van der Waals surface area (Å²) < 4.78 is 4.82. The van der Waals surface area contributed by atoms with Crippen LogP contribution in [0.5, 0.6) is 0 Å². The molecule has 2 amide bonds. The van der Waals surface area contributed by atoms with Gasteiger partial charge in [-0.3, -0.25) is 9.59 Å². The lowest BCUT2D eigenvalue weighted by molar-refractivity contribution is -0.141. The second-order valence-electron chi connectivity index (χ2n) is 4.40. The van der Waals surface area contributed by atoms with Crippen molar-refractivity contribution < 1.29 is 14.3 Å². The molecule has 1 N–H and O–H groups in total. The van der Waals surface area contributed by atoms with E-state index in [1.165, 1.54) is 7.11 Å². The van der Waals surface area contributed by atoms with E-state index in [4.69, 9.17) is 4.74 Å². The number of halogens is 1. The van der Waals surface area contributed by atoms with Crippen molar-refractivity contribution in [1.82, 2.24) is 15.1 Å². The molecule has 1 aliphatic rings. The number of hydrogen-bond acceptors (Lipinski definition) is 4. The van der Waals surface area contributed by atoms with Gasteiger partial charge in [-0.15, -0.1) is 12.4 Å². The third kappa shape index (κ3) is 6.22. The van der Waals surface area contributed by atoms with Gasteiger partial charge in [-0.1, -0.05) is 0 Å². The molecule has 0 aromatic carbocycles. The van der Waals surface area contributed by atoms with Crippen LogP contribution in [-0.4, -0.2) is 75.1 Å². The Morgan fingerprint density at radius 2 is 1.63 bits per heavy atom. The van der Waals surface area contributed by atoms with Crippen LogP contribution in [0, 0.1) is 0 Å². The average molecular weight is 294 g/mol. The maximum Gasteiger partial charge on any atom is 0.248 e. The number of carbonyl (C=O) groups is 2. The molecule has 0 aliphatic carbocycles. The predicted octanol–water partition coefficient (Wildman–Crippen LogP) is -0.275. The third-order valence-electron chi connectivity index (χ3n) is 3.07. The number of nitrogens with one attached hydrogen (secondary N) is 1. The van der Waals surface area contributed by atoms with E-state index in [9.17, 15) is 9.59 Å². The fraction of sp³-hybridized carbons (Fsp3) is 0.833. The summed E-state index contributed by atoms with van der Waals surface area (Å²) in [5, 5.41) is 3.02. The summed E-state index contributed by atoms with van der Waals surface area (Å²) in [6, 6.07) is 0. The van der Waals surface area contributed by atoms with E-state index in [-0.39, 0.29) is 30.8 Å². The highest BCUT2D eigenvalue weighted by molar-refractivity contribution is 5.85. The third-order valence-corrected chi connectivity index (χ3v) is 3.07. The Labute approximate surface area is 120 Å². The summed E-state index contributed by atoms with van der Waals surface area (Å²) >= 11 is 0. The first kappa shape index (κ1) is 18.1. The monoisotopic (exact) mass is 293 g/mol. The molecular formula is C12H24ClN3O3. The van der Waals surface area contributed by atoms with E-state index in [0.29, 0.717) is 32.6 Å². The Hall–Kier alpha value is -0.850. The fourth-order valence-electron chi connectivity index (χ4n) is 1.99. The molecule has 0 aromatic heterocycles. The molecule has 7 heteroatoms. The van der Waals surface area contributed by atoms with Gasteiger partial charge in [0.25, 0.3) is 0 Å². The number of nitrogens with zero attached hydrogens (tertiary/aromatic N) is 2. The molecule has 19 heavy (non-hydrogen) atoms. The summed E-state index contributed by atoms with van der Waals surface area (Å²) in [5.41, 5.74) is 0. The van der Waals surface area contributed by atoms with Crippen molar-refractivity contribution >= 4 is 24.2 Å². The molecule has 112 valence electrons. The summed E-state index contributed by atoms with van der Waals surface area (Å²) in [6.07, 6.45) is 1.44. The number of carbonyl (C=O) groups excluding carboxylic acids is 2. The number of piperazine rings is 1. The van der Waals surface area contributed by atoms with Crippen molar-refractivity contribution in [2.24, 2.45) is 0 Å². The second kappa shape index (κ2) is 10.00. The predicted molar refractivity (Wildman–Crippen MR) is 75.4 cm³/mol. The Morgan fingerprint density at radius 1 is 1.11 bits per heavy atom. The van der Waals surface area contributed by atoms with Gasteiger partial charge >= 0.3 is 0 Å². The van der Waals surface area contributed by atoms with Crippen LogP contribution in [-0.2, 0) is 14.3 Å². The van der Waals surface area contributed by atoms with Crippen LogP contribution in [0.3, 0.4) is 0 Å². The Bertz CT molecular complexity index is 281. The van der Waals surface area contributed by atoms with Gasteiger partial charge < -0.3 is 19.9 Å². The zero-order valence-corrected chi connectivity index (χ0v) is 12.5. The minimum absolute atomic E-state index is 0. The van der Waals surface area contributed by atoms with E-state index >= 15 is 0 Å². The van der Waals surface area contributed by atoms with Crippen LogP contribution >= 0.6 is 12.4 Å². The number of amides is 2. The molecule has 0 spiro atoms. The molecule has 1 saturated heterocycles. The minimum Gasteiger partial charge on any atom is -0.375 e. The van der Waals surface area contributed by atoms with Gasteiger partial charge in [-0.05, 0) is 20.0 Å². The molecule has 6 nitrogen and oxygen atoms in total. The van der Waals surface area contributed by atoms with E-state index < -0.39 is 0 Å². The fourth-order valence-corrected chi connectivity index (χ4v) is 1.99. The Kier molecular flexibility index (Phi) is 9.55. The van der Waals surface area contributed by atoms with Crippen molar-refractivity contribution in [2.75, 3.05) is 53.5 Å². The van der Waals surface area contributed by atoms with Gasteiger partial charge in [0.2, 0.25) is 11.8 Å². The maximum absolute atomic E-state index is 11.8. The highest BCUT2D eigenvalue weighted by atomic mass is 35.5. The molecule has 1 heterocycles. The van der Waals surface area contributed by atoms with Crippen molar-refractivity contribution in [3.8, 4) is 0 Å². The van der Waals surface area contributed by atoms with Gasteiger partial charge in [0.05, 0.1) is 0 Å². The SMILES string of the molecule is CNCCCC(=O)N1CCN(C(=O)COC)CC1.Cl. The van der Waals surface area contributed by atoms with E-state index in [0.717, 1.165) is 13.0 Å². The molecule has 0 saturated carbocycles. The summed E-state index contributed by atoms with van der Waals surface area (Å²) in [6.45, 7) is 3.47. The lowest BCUT2D eigenvalue weighted by Gasteiger charge is -2.34. The lowest BCUT2D eigenvalue weighted by Crippen LogP contribution is -2.51. The number of ether oxygens (including phenoxy) is 1. The van der Waals surface area contributed by atoms with E-state index in [2.05, 4.69) is 5.32 Å². The van der Waals surface area contributed by atoms with Crippen LogP contribution in [0.15, 0.2) is 0 Å². The highest BCUT2D eigenvalue weighted by Crippen LogP contribution is 2.05. The van der Waals surface area contributed by atoms with Gasteiger partial charge in [0, 0.05) is 39.7 Å². The zero-order chi connectivity index (χ0) is 13.4. The first-order valence-corrected chi connectivity index (χ1v) is 6.38. The average Bonchev–Trinajstić information content (AvgIpc) is 2.39. The van der Waals surface area contributed by atoms with Crippen LogP contribution in [0.25, 0.3) is 0 Å². The normalized spacial score (nSPS) is 15.1. The largest absolute Gasteiger partial charge is 0.375 e. The first-order valence-electron chi connectivity index (χ1n) is 6.38. The van der Waals surface area contributed by atoms with Crippen molar-refractivity contribution in [1.29, 1.82) is 0 Å². The molecule has 1 fully saturated rings. The number of rotatable bonds is 6. The van der Waals surface area contributed by atoms with Gasteiger partial charge in [-0.25, -0.2) is 0 Å². The van der Waals surface area contributed by atoms with Crippen molar-refractivity contribution in [3.63, 3.8) is 0 Å². The molecule has 0 atom stereocenters. The molecule has 1 rings (SSSR count). The maximum atomic E-state index is 11.8. The molecule has 1 aliphatic heterocycles. The quantitative estimate of drug-likeness (QED) is 0.685. The molecule has 0 radical (unpaired) electrons. The van der Waals surface area contributed by atoms with Crippen LogP contribution < -0.4 is 5.32 Å². The summed E-state index contributed by atoms with van der Waals surface area (Å²) in [5.74, 6) is 0.184.